The molecular weight excluding hydrogens is 442 g/mol. The number of ether oxygens (including phenoxy) is 2. The van der Waals surface area contributed by atoms with E-state index in [-0.39, 0.29) is 25.2 Å². The maximum absolute atomic E-state index is 13.0. The van der Waals surface area contributed by atoms with Gasteiger partial charge in [-0.15, -0.1) is 0 Å². The minimum atomic E-state index is -0.234. The molecule has 2 N–H and O–H groups in total. The van der Waals surface area contributed by atoms with Gasteiger partial charge in [0.2, 0.25) is 0 Å². The molecule has 5 rings (SSSR count). The summed E-state index contributed by atoms with van der Waals surface area (Å²) < 4.78 is 10.8. The predicted molar refractivity (Wildman–Crippen MR) is 134 cm³/mol. The summed E-state index contributed by atoms with van der Waals surface area (Å²) >= 11 is 0. The number of amides is 1. The van der Waals surface area contributed by atoms with Crippen LogP contribution in [0.1, 0.15) is 23.1 Å². The molecule has 0 aromatic heterocycles. The topological polar surface area (TPSA) is 79.9 Å². The van der Waals surface area contributed by atoms with Crippen molar-refractivity contribution in [1.82, 2.24) is 10.4 Å². The maximum atomic E-state index is 13.0. The molecule has 0 atom stereocenters. The quantitative estimate of drug-likeness (QED) is 0.525. The first kappa shape index (κ1) is 22.8. The van der Waals surface area contributed by atoms with Gasteiger partial charge in [-0.25, -0.2) is 5.43 Å². The van der Waals surface area contributed by atoms with Gasteiger partial charge in [0.1, 0.15) is 12.3 Å². The van der Waals surface area contributed by atoms with Crippen molar-refractivity contribution in [2.75, 3.05) is 25.2 Å². The average molecular weight is 470 g/mol. The molecule has 2 aliphatic rings. The molecule has 0 radical (unpaired) electrons. The number of nitrogens with zero attached hydrogens (tertiary/aromatic N) is 1. The van der Waals surface area contributed by atoms with Crippen LogP contribution >= 0.6 is 0 Å². The van der Waals surface area contributed by atoms with E-state index in [4.69, 9.17) is 9.47 Å². The second kappa shape index (κ2) is 10.1. The van der Waals surface area contributed by atoms with E-state index in [1.165, 1.54) is 5.56 Å². The summed E-state index contributed by atoms with van der Waals surface area (Å²) in [6.45, 7) is 3.57. The van der Waals surface area contributed by atoms with Gasteiger partial charge in [-0.1, -0.05) is 48.0 Å². The Kier molecular flexibility index (Phi) is 6.61. The molecule has 1 fully saturated rings. The van der Waals surface area contributed by atoms with Gasteiger partial charge >= 0.3 is 5.97 Å². The highest BCUT2D eigenvalue weighted by atomic mass is 16.6. The lowest BCUT2D eigenvalue weighted by Gasteiger charge is -2.13. The molecule has 35 heavy (non-hydrogen) atoms. The number of hydrazine groups is 1. The summed E-state index contributed by atoms with van der Waals surface area (Å²) in [7, 11) is 0. The summed E-state index contributed by atoms with van der Waals surface area (Å²) in [5.41, 5.74) is 9.90. The van der Waals surface area contributed by atoms with Crippen LogP contribution < -0.4 is 15.5 Å². The summed E-state index contributed by atoms with van der Waals surface area (Å²) in [4.78, 5) is 24.2. The Morgan fingerprint density at radius 3 is 2.49 bits per heavy atom. The molecule has 0 unspecified atom stereocenters. The molecule has 0 aliphatic carbocycles. The number of carbonyl (C=O) groups is 2. The first-order valence-corrected chi connectivity index (χ1v) is 11.6. The molecule has 0 bridgehead atoms. The Hall–Kier alpha value is -3.94. The van der Waals surface area contributed by atoms with Crippen molar-refractivity contribution in [2.45, 2.75) is 19.9 Å². The van der Waals surface area contributed by atoms with E-state index in [1.54, 1.807) is 5.01 Å². The van der Waals surface area contributed by atoms with Crippen molar-refractivity contribution in [3.63, 3.8) is 0 Å². The second-order valence-corrected chi connectivity index (χ2v) is 8.72. The van der Waals surface area contributed by atoms with Crippen molar-refractivity contribution in [3.8, 4) is 16.9 Å². The Morgan fingerprint density at radius 1 is 0.971 bits per heavy atom. The second-order valence-electron chi connectivity index (χ2n) is 8.72. The first-order chi connectivity index (χ1) is 17.0. The number of aryl methyl sites for hydroxylation is 1. The van der Waals surface area contributed by atoms with E-state index >= 15 is 0 Å². The number of hydrogen-bond donors (Lipinski definition) is 2. The number of fused-ring (bicyclic) bond motifs is 1. The molecule has 178 valence electrons. The third-order valence-corrected chi connectivity index (χ3v) is 6.06. The molecule has 7 heteroatoms. The molecule has 3 aromatic rings. The summed E-state index contributed by atoms with van der Waals surface area (Å²) in [6, 6.07) is 22.1. The highest BCUT2D eigenvalue weighted by Crippen LogP contribution is 2.31. The molecule has 1 amide bonds. The lowest BCUT2D eigenvalue weighted by molar-refractivity contribution is -0.137. The minimum Gasteiger partial charge on any atom is -0.493 e. The maximum Gasteiger partial charge on any atom is 0.323 e. The summed E-state index contributed by atoms with van der Waals surface area (Å²) in [6.07, 6.45) is 2.45. The van der Waals surface area contributed by atoms with Crippen molar-refractivity contribution in [2.24, 2.45) is 0 Å². The number of rotatable bonds is 6. The molecule has 0 saturated carbocycles. The van der Waals surface area contributed by atoms with Gasteiger partial charge in [0.05, 0.1) is 6.61 Å². The van der Waals surface area contributed by atoms with Crippen LogP contribution in [0, 0.1) is 6.92 Å². The Bertz CT molecular complexity index is 1270. The van der Waals surface area contributed by atoms with Crippen LogP contribution in [0.3, 0.4) is 0 Å². The number of nitrogens with one attached hydrogen (secondary N) is 2. The molecule has 2 heterocycles. The van der Waals surface area contributed by atoms with E-state index in [2.05, 4.69) is 48.0 Å². The fraction of sp³-hybridized carbons (Fsp3) is 0.214. The molecule has 7 nitrogen and oxygen atoms in total. The fourth-order valence-electron chi connectivity index (χ4n) is 4.05. The van der Waals surface area contributed by atoms with E-state index in [0.717, 1.165) is 33.7 Å². The zero-order chi connectivity index (χ0) is 24.2. The summed E-state index contributed by atoms with van der Waals surface area (Å²) in [5, 5.41) is 4.72. The van der Waals surface area contributed by atoms with Crippen molar-refractivity contribution in [3.05, 3.63) is 89.0 Å². The first-order valence-electron chi connectivity index (χ1n) is 11.6. The van der Waals surface area contributed by atoms with Gasteiger partial charge in [-0.3, -0.25) is 9.59 Å². The average Bonchev–Trinajstić information content (AvgIpc) is 3.16. The zero-order valence-electron chi connectivity index (χ0n) is 19.5. The largest absolute Gasteiger partial charge is 0.493 e. The number of hydrogen-bond acceptors (Lipinski definition) is 6. The minimum absolute atomic E-state index is 0.138. The van der Waals surface area contributed by atoms with Crippen LogP contribution in [-0.2, 0) is 20.9 Å². The van der Waals surface area contributed by atoms with Gasteiger partial charge in [0.15, 0.2) is 6.73 Å². The van der Waals surface area contributed by atoms with Gasteiger partial charge in [0, 0.05) is 29.8 Å². The van der Waals surface area contributed by atoms with Crippen LogP contribution in [0.15, 0.2) is 72.3 Å². The zero-order valence-corrected chi connectivity index (χ0v) is 19.5. The molecule has 1 saturated heterocycles. The van der Waals surface area contributed by atoms with Crippen LogP contribution in [-0.4, -0.2) is 36.8 Å². The van der Waals surface area contributed by atoms with Crippen LogP contribution in [0.4, 0.5) is 5.69 Å². The highest BCUT2D eigenvalue weighted by molar-refractivity contribution is 6.07. The van der Waals surface area contributed by atoms with E-state index in [0.29, 0.717) is 25.1 Å². The third-order valence-electron chi connectivity index (χ3n) is 6.06. The molecular formula is C28H27N3O4. The Morgan fingerprint density at radius 2 is 1.74 bits per heavy atom. The number of anilines is 1. The molecule has 0 spiro atoms. The van der Waals surface area contributed by atoms with Crippen LogP contribution in [0.2, 0.25) is 0 Å². The van der Waals surface area contributed by atoms with Gasteiger partial charge < -0.3 is 14.8 Å². The van der Waals surface area contributed by atoms with E-state index in [1.807, 2.05) is 42.5 Å². The van der Waals surface area contributed by atoms with Gasteiger partial charge in [-0.2, -0.15) is 5.01 Å². The highest BCUT2D eigenvalue weighted by Gasteiger charge is 2.20. The molecule has 2 aliphatic heterocycles. The lowest BCUT2D eigenvalue weighted by Crippen LogP contribution is -2.35. The Labute approximate surface area is 204 Å². The van der Waals surface area contributed by atoms with Crippen molar-refractivity contribution >= 4 is 23.6 Å². The fourth-order valence-corrected chi connectivity index (χ4v) is 4.05. The van der Waals surface area contributed by atoms with Gasteiger partial charge in [-0.05, 0) is 54.0 Å². The molecule has 3 aromatic carbocycles. The third kappa shape index (κ3) is 5.59. The van der Waals surface area contributed by atoms with Crippen LogP contribution in [0.5, 0.6) is 5.75 Å². The smallest absolute Gasteiger partial charge is 0.323 e. The summed E-state index contributed by atoms with van der Waals surface area (Å²) in [5.74, 6) is 0.411. The lowest BCUT2D eigenvalue weighted by atomic mass is 10.00. The normalized spacial score (nSPS) is 15.5. The van der Waals surface area contributed by atoms with Crippen molar-refractivity contribution in [1.29, 1.82) is 0 Å². The standard InChI is InChI=1S/C28H27N3O4/c1-19-2-6-21(7-3-19)22-8-11-26-24(14-22)15-23(12-13-34-26)28(33)30-25-9-4-20(5-10-25)16-29-31-17-27(32)35-18-31/h2-11,14-15,29H,12-13,16-18H2,1H3,(H,30,33). The SMILES string of the molecule is Cc1ccc(-c2ccc3c(c2)C=C(C(=O)Nc2ccc(CNN4COC(=O)C4)cc2)CCO3)cc1. The van der Waals surface area contributed by atoms with Crippen LogP contribution in [0.25, 0.3) is 17.2 Å². The number of carbonyl (C=O) groups excluding carboxylic acids is 2. The Balaban J connectivity index is 1.26. The van der Waals surface area contributed by atoms with Crippen molar-refractivity contribution < 1.29 is 19.1 Å². The number of cyclic esters (lactones) is 1. The van der Waals surface area contributed by atoms with E-state index < -0.39 is 0 Å². The number of esters is 1. The number of benzene rings is 3. The predicted octanol–water partition coefficient (Wildman–Crippen LogP) is 4.29. The monoisotopic (exact) mass is 469 g/mol. The van der Waals surface area contributed by atoms with Gasteiger partial charge in [0.25, 0.3) is 5.91 Å². The van der Waals surface area contributed by atoms with E-state index in [9.17, 15) is 9.59 Å².